The molecule has 32 heavy (non-hydrogen) atoms. The maximum absolute atomic E-state index is 13.4. The SMILES string of the molecule is COCCn1c(=O)n(C2CC(OC)C2)c(=O)c2c(C)c(CNNC(=O)OC(C)(C)C)sc21. The number of fused-ring (bicyclic) bond motifs is 1. The number of amides is 1. The minimum Gasteiger partial charge on any atom is -0.443 e. The fourth-order valence-electron chi connectivity index (χ4n) is 3.72. The number of hydrazine groups is 1. The van der Waals surface area contributed by atoms with E-state index in [1.54, 1.807) is 39.6 Å². The van der Waals surface area contributed by atoms with E-state index in [1.807, 2.05) is 6.92 Å². The van der Waals surface area contributed by atoms with Crippen LogP contribution in [0.5, 0.6) is 0 Å². The molecule has 2 heterocycles. The van der Waals surface area contributed by atoms with Crippen LogP contribution in [0.3, 0.4) is 0 Å². The highest BCUT2D eigenvalue weighted by Gasteiger charge is 2.34. The number of rotatable bonds is 8. The van der Waals surface area contributed by atoms with Gasteiger partial charge in [0.25, 0.3) is 5.56 Å². The number of ether oxygens (including phenoxy) is 3. The molecule has 1 aliphatic carbocycles. The number of hydrogen-bond acceptors (Lipinski definition) is 8. The van der Waals surface area contributed by atoms with Crippen LogP contribution in [0.25, 0.3) is 10.2 Å². The van der Waals surface area contributed by atoms with Gasteiger partial charge in [0.05, 0.1) is 24.6 Å². The largest absolute Gasteiger partial charge is 0.443 e. The molecule has 11 heteroatoms. The molecule has 0 bridgehead atoms. The molecule has 178 valence electrons. The zero-order valence-corrected chi connectivity index (χ0v) is 20.3. The van der Waals surface area contributed by atoms with Crippen molar-refractivity contribution >= 4 is 27.6 Å². The first-order chi connectivity index (χ1) is 15.1. The van der Waals surface area contributed by atoms with Gasteiger partial charge in [-0.15, -0.1) is 11.3 Å². The van der Waals surface area contributed by atoms with Gasteiger partial charge in [0, 0.05) is 31.7 Å². The number of aromatic nitrogens is 2. The second-order valence-corrected chi connectivity index (χ2v) is 9.98. The van der Waals surface area contributed by atoms with Crippen molar-refractivity contribution < 1.29 is 19.0 Å². The summed E-state index contributed by atoms with van der Waals surface area (Å²) in [4.78, 5) is 39.9. The molecule has 0 aromatic carbocycles. The zero-order chi connectivity index (χ0) is 23.6. The Balaban J connectivity index is 1.93. The lowest BCUT2D eigenvalue weighted by Gasteiger charge is -2.35. The van der Waals surface area contributed by atoms with Crippen LogP contribution in [0.15, 0.2) is 9.59 Å². The van der Waals surface area contributed by atoms with E-state index in [9.17, 15) is 14.4 Å². The molecule has 0 spiro atoms. The van der Waals surface area contributed by atoms with Gasteiger partial charge in [-0.1, -0.05) is 0 Å². The van der Waals surface area contributed by atoms with E-state index in [-0.39, 0.29) is 29.9 Å². The maximum atomic E-state index is 13.4. The molecule has 0 atom stereocenters. The molecule has 1 saturated carbocycles. The summed E-state index contributed by atoms with van der Waals surface area (Å²) in [5.41, 5.74) is 4.92. The summed E-state index contributed by atoms with van der Waals surface area (Å²) in [7, 11) is 3.21. The molecule has 3 rings (SSSR count). The summed E-state index contributed by atoms with van der Waals surface area (Å²) in [6.45, 7) is 8.19. The van der Waals surface area contributed by atoms with Gasteiger partial charge < -0.3 is 14.2 Å². The van der Waals surface area contributed by atoms with Crippen LogP contribution in [0.2, 0.25) is 0 Å². The molecule has 1 fully saturated rings. The van der Waals surface area contributed by atoms with Crippen LogP contribution in [-0.4, -0.2) is 47.8 Å². The third-order valence-corrected chi connectivity index (χ3v) is 6.78. The predicted molar refractivity (Wildman–Crippen MR) is 122 cm³/mol. The summed E-state index contributed by atoms with van der Waals surface area (Å²) in [6.07, 6.45) is 0.752. The van der Waals surface area contributed by atoms with E-state index in [2.05, 4.69) is 10.9 Å². The van der Waals surface area contributed by atoms with Crippen molar-refractivity contribution in [2.75, 3.05) is 20.8 Å². The van der Waals surface area contributed by atoms with Gasteiger partial charge in [-0.25, -0.2) is 15.0 Å². The summed E-state index contributed by atoms with van der Waals surface area (Å²) in [5.74, 6) is 0. The number of carbonyl (C=O) groups is 1. The molecule has 0 saturated heterocycles. The van der Waals surface area contributed by atoms with Crippen molar-refractivity contribution in [2.45, 2.75) is 71.4 Å². The van der Waals surface area contributed by atoms with Crippen molar-refractivity contribution in [1.29, 1.82) is 0 Å². The van der Waals surface area contributed by atoms with E-state index in [0.717, 1.165) is 10.4 Å². The minimum atomic E-state index is -0.606. The first kappa shape index (κ1) is 24.4. The van der Waals surface area contributed by atoms with Crippen molar-refractivity contribution in [3.63, 3.8) is 0 Å². The van der Waals surface area contributed by atoms with Gasteiger partial charge in [-0.05, 0) is 46.1 Å². The first-order valence-corrected chi connectivity index (χ1v) is 11.4. The molecule has 2 aromatic rings. The first-order valence-electron chi connectivity index (χ1n) is 10.6. The minimum absolute atomic E-state index is 0.0664. The molecule has 0 aliphatic heterocycles. The summed E-state index contributed by atoms with van der Waals surface area (Å²) >= 11 is 1.36. The second kappa shape index (κ2) is 9.74. The molecule has 10 nitrogen and oxygen atoms in total. The quantitative estimate of drug-likeness (QED) is 0.570. The van der Waals surface area contributed by atoms with E-state index in [0.29, 0.717) is 36.2 Å². The Kier molecular flexibility index (Phi) is 7.43. The highest BCUT2D eigenvalue weighted by molar-refractivity contribution is 7.18. The average Bonchev–Trinajstić information content (AvgIpc) is 2.98. The van der Waals surface area contributed by atoms with Crippen molar-refractivity contribution in [1.82, 2.24) is 20.0 Å². The van der Waals surface area contributed by atoms with Gasteiger partial charge in [-0.3, -0.25) is 19.4 Å². The topological polar surface area (TPSA) is 113 Å². The number of nitrogens with zero attached hydrogens (tertiary/aromatic N) is 2. The van der Waals surface area contributed by atoms with E-state index < -0.39 is 11.7 Å². The van der Waals surface area contributed by atoms with Gasteiger partial charge in [0.2, 0.25) is 0 Å². The molecule has 2 aromatic heterocycles. The van der Waals surface area contributed by atoms with Crippen LogP contribution >= 0.6 is 11.3 Å². The number of thiophene rings is 1. The molecular weight excluding hydrogens is 436 g/mol. The van der Waals surface area contributed by atoms with Crippen LogP contribution in [0.1, 0.15) is 50.1 Å². The van der Waals surface area contributed by atoms with Crippen LogP contribution in [0, 0.1) is 6.92 Å². The smallest absolute Gasteiger partial charge is 0.422 e. The van der Waals surface area contributed by atoms with Gasteiger partial charge in [-0.2, -0.15) is 0 Å². The van der Waals surface area contributed by atoms with E-state index in [1.165, 1.54) is 15.9 Å². The third-order valence-electron chi connectivity index (χ3n) is 5.47. The van der Waals surface area contributed by atoms with E-state index in [4.69, 9.17) is 14.2 Å². The van der Waals surface area contributed by atoms with Crippen LogP contribution in [-0.2, 0) is 27.3 Å². The molecule has 2 N–H and O–H groups in total. The third kappa shape index (κ3) is 5.06. The monoisotopic (exact) mass is 468 g/mol. The Labute approximate surface area is 190 Å². The summed E-state index contributed by atoms with van der Waals surface area (Å²) < 4.78 is 18.7. The normalized spacial score (nSPS) is 18.6. The Bertz CT molecular complexity index is 1090. The number of methoxy groups -OCH3 is 2. The van der Waals surface area contributed by atoms with Crippen molar-refractivity contribution in [3.8, 4) is 0 Å². The summed E-state index contributed by atoms with van der Waals surface area (Å²) in [6, 6.07) is -0.173. The number of carbonyl (C=O) groups excluding carboxylic acids is 1. The highest BCUT2D eigenvalue weighted by Crippen LogP contribution is 2.34. The Hall–Kier alpha value is -2.21. The van der Waals surface area contributed by atoms with Gasteiger partial charge >= 0.3 is 11.8 Å². The number of hydrogen-bond donors (Lipinski definition) is 2. The summed E-state index contributed by atoms with van der Waals surface area (Å²) in [5, 5.41) is 0.528. The highest BCUT2D eigenvalue weighted by atomic mass is 32.1. The molecule has 1 amide bonds. The Morgan fingerprint density at radius 1 is 1.22 bits per heavy atom. The fourth-order valence-corrected chi connectivity index (χ4v) is 4.98. The van der Waals surface area contributed by atoms with Crippen LogP contribution in [0.4, 0.5) is 4.79 Å². The predicted octanol–water partition coefficient (Wildman–Crippen LogP) is 2.06. The lowest BCUT2D eigenvalue weighted by molar-refractivity contribution is 0.00357. The van der Waals surface area contributed by atoms with Crippen molar-refractivity contribution in [3.05, 3.63) is 31.3 Å². The Morgan fingerprint density at radius 2 is 1.91 bits per heavy atom. The molecule has 0 unspecified atom stereocenters. The number of aryl methyl sites for hydroxylation is 1. The zero-order valence-electron chi connectivity index (χ0n) is 19.4. The lowest BCUT2D eigenvalue weighted by Crippen LogP contribution is -2.47. The maximum Gasteiger partial charge on any atom is 0.422 e. The van der Waals surface area contributed by atoms with Gasteiger partial charge in [0.1, 0.15) is 10.4 Å². The van der Waals surface area contributed by atoms with Gasteiger partial charge in [0.15, 0.2) is 0 Å². The van der Waals surface area contributed by atoms with Crippen molar-refractivity contribution in [2.24, 2.45) is 0 Å². The Morgan fingerprint density at radius 3 is 2.50 bits per heavy atom. The number of nitrogens with one attached hydrogen (secondary N) is 2. The fraction of sp³-hybridized carbons (Fsp3) is 0.667. The molecular formula is C21H32N4O6S. The molecule has 1 aliphatic rings. The van der Waals surface area contributed by atoms with E-state index >= 15 is 0 Å². The second-order valence-electron chi connectivity index (χ2n) is 8.90. The lowest BCUT2D eigenvalue weighted by atomic mass is 9.89. The van der Waals surface area contributed by atoms with Crippen LogP contribution < -0.4 is 22.1 Å². The standard InChI is InChI=1S/C21H32N4O6S/c1-12-15(11-22-23-19(27)31-21(2,3)4)32-18-16(12)17(26)25(13-9-14(10-13)30-6)20(28)24(18)7-8-29-5/h13-14,22H,7-11H2,1-6H3,(H,23,27). The average molecular weight is 469 g/mol. The molecule has 0 radical (unpaired) electrons.